The van der Waals surface area contributed by atoms with Gasteiger partial charge >= 0.3 is 0 Å². The summed E-state index contributed by atoms with van der Waals surface area (Å²) in [5.74, 6) is -3.14. The Bertz CT molecular complexity index is 1170. The van der Waals surface area contributed by atoms with Gasteiger partial charge in [-0.3, -0.25) is 0 Å². The Labute approximate surface area is 177 Å². The second-order valence-corrected chi connectivity index (χ2v) is 10.1. The topological polar surface area (TPSA) is 98.4 Å². The number of benzene rings is 1. The fourth-order valence-electron chi connectivity index (χ4n) is 4.45. The fourth-order valence-corrected chi connectivity index (χ4v) is 5.29. The number of sulfonamides is 1. The summed E-state index contributed by atoms with van der Waals surface area (Å²) in [5, 5.41) is 5.16. The number of fused-ring (bicyclic) bond motifs is 2. The number of anilines is 1. The van der Waals surface area contributed by atoms with Gasteiger partial charge in [-0.25, -0.2) is 27.9 Å². The standard InChI is InChI=1S/C20H21F3N4O3S/c1-10-15(21)7-27(10)19-25-17(14-4-5-20(22,23)18(14)26-19)11-2-3-13-12(9-31(24,28)29)8-30-16(13)6-11/h2-3,6,10,12,15H,4-5,7-9H2,1H3,(H2,24,28,29)/t10-,12+,15+/m0/s1. The van der Waals surface area contributed by atoms with Crippen molar-refractivity contribution in [3.63, 3.8) is 0 Å². The second-order valence-electron chi connectivity index (χ2n) is 8.40. The van der Waals surface area contributed by atoms with Crippen LogP contribution in [0.1, 0.15) is 36.1 Å². The van der Waals surface area contributed by atoms with Crippen molar-refractivity contribution in [2.45, 2.75) is 43.8 Å². The van der Waals surface area contributed by atoms with Gasteiger partial charge in [-0.15, -0.1) is 0 Å². The summed E-state index contributed by atoms with van der Waals surface area (Å²) in [7, 11) is -3.68. The van der Waals surface area contributed by atoms with Crippen LogP contribution in [0.15, 0.2) is 18.2 Å². The third-order valence-corrected chi connectivity index (χ3v) is 7.14. The molecule has 2 aromatic rings. The summed E-state index contributed by atoms with van der Waals surface area (Å²) in [4.78, 5) is 10.2. The molecule has 1 aliphatic carbocycles. The number of primary sulfonamides is 1. The lowest BCUT2D eigenvalue weighted by Gasteiger charge is -2.42. The summed E-state index contributed by atoms with van der Waals surface area (Å²) in [6, 6.07) is 4.63. The lowest BCUT2D eigenvalue weighted by atomic mass is 9.98. The van der Waals surface area contributed by atoms with E-state index in [1.807, 2.05) is 0 Å². The number of nitrogens with two attached hydrogens (primary N) is 1. The Morgan fingerprint density at radius 2 is 2.10 bits per heavy atom. The van der Waals surface area contributed by atoms with E-state index < -0.39 is 34.1 Å². The summed E-state index contributed by atoms with van der Waals surface area (Å²) in [5.41, 5.74) is 1.70. The van der Waals surface area contributed by atoms with Gasteiger partial charge in [0.1, 0.15) is 17.6 Å². The van der Waals surface area contributed by atoms with Crippen LogP contribution < -0.4 is 14.8 Å². The maximum absolute atomic E-state index is 14.5. The molecule has 3 heterocycles. The van der Waals surface area contributed by atoms with Crippen LogP contribution in [0.4, 0.5) is 19.1 Å². The van der Waals surface area contributed by atoms with E-state index in [-0.39, 0.29) is 43.4 Å². The van der Waals surface area contributed by atoms with Crippen molar-refractivity contribution in [2.24, 2.45) is 5.14 Å². The lowest BCUT2D eigenvalue weighted by molar-refractivity contribution is -0.00598. The molecule has 1 saturated heterocycles. The minimum atomic E-state index is -3.68. The van der Waals surface area contributed by atoms with Crippen LogP contribution in [0.3, 0.4) is 0 Å². The number of hydrogen-bond acceptors (Lipinski definition) is 6. The SMILES string of the molecule is C[C@H]1[C@H](F)CN1c1nc(-c2ccc3c(c2)OC[C@@H]3CS(N)(=O)=O)c2c(n1)C(F)(F)CC2. The molecule has 1 aromatic carbocycles. The molecule has 0 amide bonds. The van der Waals surface area contributed by atoms with Crippen molar-refractivity contribution in [2.75, 3.05) is 23.8 Å². The van der Waals surface area contributed by atoms with E-state index in [2.05, 4.69) is 9.97 Å². The van der Waals surface area contributed by atoms with E-state index in [1.54, 1.807) is 30.0 Å². The first-order valence-electron chi connectivity index (χ1n) is 10.0. The highest BCUT2D eigenvalue weighted by Crippen LogP contribution is 2.46. The van der Waals surface area contributed by atoms with Crippen LogP contribution in [0.2, 0.25) is 0 Å². The van der Waals surface area contributed by atoms with E-state index in [0.29, 0.717) is 28.1 Å². The average molecular weight is 454 g/mol. The van der Waals surface area contributed by atoms with Crippen molar-refractivity contribution in [1.29, 1.82) is 0 Å². The van der Waals surface area contributed by atoms with Crippen molar-refractivity contribution in [3.05, 3.63) is 35.0 Å². The first-order valence-corrected chi connectivity index (χ1v) is 11.7. The highest BCUT2D eigenvalue weighted by Gasteiger charge is 2.45. The van der Waals surface area contributed by atoms with Gasteiger partial charge in [0.2, 0.25) is 16.0 Å². The number of hydrogen-bond donors (Lipinski definition) is 1. The molecular weight excluding hydrogens is 433 g/mol. The van der Waals surface area contributed by atoms with Crippen LogP contribution in [0.5, 0.6) is 5.75 Å². The van der Waals surface area contributed by atoms with Crippen molar-refractivity contribution >= 4 is 16.0 Å². The van der Waals surface area contributed by atoms with Crippen LogP contribution in [0.25, 0.3) is 11.3 Å². The molecular formula is C20H21F3N4O3S. The van der Waals surface area contributed by atoms with E-state index in [4.69, 9.17) is 9.88 Å². The molecule has 11 heteroatoms. The Morgan fingerprint density at radius 3 is 2.77 bits per heavy atom. The minimum absolute atomic E-state index is 0.0630. The van der Waals surface area contributed by atoms with Crippen LogP contribution in [-0.4, -0.2) is 49.5 Å². The molecule has 31 heavy (non-hydrogen) atoms. The normalized spacial score (nSPS) is 26.2. The molecule has 3 aliphatic rings. The number of nitrogens with zero attached hydrogens (tertiary/aromatic N) is 3. The van der Waals surface area contributed by atoms with E-state index >= 15 is 0 Å². The van der Waals surface area contributed by atoms with Gasteiger partial charge in [0.15, 0.2) is 0 Å². The molecule has 3 atom stereocenters. The minimum Gasteiger partial charge on any atom is -0.493 e. The quantitative estimate of drug-likeness (QED) is 0.762. The first-order chi connectivity index (χ1) is 14.5. The van der Waals surface area contributed by atoms with Crippen molar-refractivity contribution in [3.8, 4) is 17.0 Å². The van der Waals surface area contributed by atoms with E-state index in [1.165, 1.54) is 0 Å². The largest absolute Gasteiger partial charge is 0.493 e. The van der Waals surface area contributed by atoms with Gasteiger partial charge < -0.3 is 9.64 Å². The zero-order valence-corrected chi connectivity index (χ0v) is 17.5. The number of halogens is 3. The molecule has 0 spiro atoms. The molecule has 2 aliphatic heterocycles. The smallest absolute Gasteiger partial charge is 0.290 e. The van der Waals surface area contributed by atoms with Gasteiger partial charge in [-0.2, -0.15) is 8.78 Å². The molecule has 2 N–H and O–H groups in total. The van der Waals surface area contributed by atoms with E-state index in [9.17, 15) is 21.6 Å². The zero-order valence-electron chi connectivity index (χ0n) is 16.7. The predicted octanol–water partition coefficient (Wildman–Crippen LogP) is 2.49. The van der Waals surface area contributed by atoms with E-state index in [0.717, 1.165) is 0 Å². The van der Waals surface area contributed by atoms with Crippen molar-refractivity contribution < 1.29 is 26.3 Å². The fraction of sp³-hybridized carbons (Fsp3) is 0.500. The second kappa shape index (κ2) is 6.80. The summed E-state index contributed by atoms with van der Waals surface area (Å²) in [6.45, 7) is 1.90. The molecule has 0 radical (unpaired) electrons. The number of ether oxygens (including phenoxy) is 1. The molecule has 0 bridgehead atoms. The summed E-state index contributed by atoms with van der Waals surface area (Å²) < 4.78 is 71.3. The first kappa shape index (κ1) is 20.5. The highest BCUT2D eigenvalue weighted by atomic mass is 32.2. The van der Waals surface area contributed by atoms with Gasteiger partial charge in [-0.05, 0) is 19.4 Å². The molecule has 1 fully saturated rings. The molecule has 166 valence electrons. The van der Waals surface area contributed by atoms with Gasteiger partial charge in [0, 0.05) is 29.0 Å². The van der Waals surface area contributed by atoms with Crippen molar-refractivity contribution in [1.82, 2.24) is 9.97 Å². The number of rotatable bonds is 4. The average Bonchev–Trinajstić information content (AvgIpc) is 3.24. The lowest BCUT2D eigenvalue weighted by Crippen LogP contribution is -2.57. The van der Waals surface area contributed by atoms with Crippen LogP contribution >= 0.6 is 0 Å². The number of aromatic nitrogens is 2. The monoisotopic (exact) mass is 454 g/mol. The zero-order chi connectivity index (χ0) is 22.1. The van der Waals surface area contributed by atoms with Crippen LogP contribution in [0, 0.1) is 0 Å². The molecule has 0 unspecified atom stereocenters. The number of alkyl halides is 3. The van der Waals surface area contributed by atoms with Gasteiger partial charge in [0.25, 0.3) is 5.92 Å². The summed E-state index contributed by atoms with van der Waals surface area (Å²) >= 11 is 0. The molecule has 0 saturated carbocycles. The third kappa shape index (κ3) is 3.43. The maximum atomic E-state index is 14.5. The third-order valence-electron chi connectivity index (χ3n) is 6.27. The Hall–Kier alpha value is -2.40. The Kier molecular flexibility index (Phi) is 4.50. The molecule has 7 nitrogen and oxygen atoms in total. The molecule has 1 aromatic heterocycles. The Morgan fingerprint density at radius 1 is 1.32 bits per heavy atom. The highest BCUT2D eigenvalue weighted by molar-refractivity contribution is 7.89. The van der Waals surface area contributed by atoms with Gasteiger partial charge in [-0.1, -0.05) is 12.1 Å². The maximum Gasteiger partial charge on any atom is 0.290 e. The van der Waals surface area contributed by atoms with Gasteiger partial charge in [0.05, 0.1) is 30.6 Å². The predicted molar refractivity (Wildman–Crippen MR) is 108 cm³/mol. The summed E-state index contributed by atoms with van der Waals surface area (Å²) in [6.07, 6.45) is -1.28. The Balaban J connectivity index is 1.57. The molecule has 5 rings (SSSR count). The van der Waals surface area contributed by atoms with Crippen LogP contribution in [-0.2, 0) is 22.4 Å².